The normalized spacial score (nSPS) is 24.0. The first-order valence-electron chi connectivity index (χ1n) is 7.04. The highest BCUT2D eigenvalue weighted by atomic mass is 19.1. The van der Waals surface area contributed by atoms with Gasteiger partial charge in [0, 0.05) is 19.1 Å². The molecule has 1 aromatic carbocycles. The first-order chi connectivity index (χ1) is 9.95. The van der Waals surface area contributed by atoms with Crippen LogP contribution >= 0.6 is 0 Å². The lowest BCUT2D eigenvalue weighted by molar-refractivity contribution is -0.123. The zero-order valence-electron chi connectivity index (χ0n) is 12.0. The Bertz CT molecular complexity index is 498. The van der Waals surface area contributed by atoms with Gasteiger partial charge in [-0.2, -0.15) is 0 Å². The minimum atomic E-state index is -1.02. The molecule has 2 rings (SSSR count). The number of carbonyl (C=O) groups is 1. The van der Waals surface area contributed by atoms with Crippen molar-refractivity contribution in [2.75, 3.05) is 20.1 Å². The number of hydrogen-bond donors (Lipinski definition) is 3. The molecule has 21 heavy (non-hydrogen) atoms. The lowest BCUT2D eigenvalue weighted by Gasteiger charge is -2.19. The number of hydrogen-bond acceptors (Lipinski definition) is 4. The molecule has 3 unspecified atom stereocenters. The monoisotopic (exact) mass is 296 g/mol. The van der Waals surface area contributed by atoms with Crippen LogP contribution in [0.15, 0.2) is 24.3 Å². The molecule has 0 spiro atoms. The van der Waals surface area contributed by atoms with Gasteiger partial charge in [-0.3, -0.25) is 9.69 Å². The zero-order valence-corrected chi connectivity index (χ0v) is 12.0. The van der Waals surface area contributed by atoms with Gasteiger partial charge >= 0.3 is 0 Å². The summed E-state index contributed by atoms with van der Waals surface area (Å²) in [6.07, 6.45) is -0.853. The summed E-state index contributed by atoms with van der Waals surface area (Å²) in [7, 11) is 1.90. The molecule has 1 aliphatic heterocycles. The number of amides is 1. The molecular formula is C15H21FN2O3. The molecular weight excluding hydrogens is 275 g/mol. The molecule has 5 nitrogen and oxygen atoms in total. The molecule has 0 saturated carbocycles. The lowest BCUT2D eigenvalue weighted by Crippen LogP contribution is -2.38. The van der Waals surface area contributed by atoms with Gasteiger partial charge in [0.25, 0.3) is 0 Å². The van der Waals surface area contributed by atoms with E-state index >= 15 is 0 Å². The van der Waals surface area contributed by atoms with E-state index in [1.54, 1.807) is 6.07 Å². The van der Waals surface area contributed by atoms with Gasteiger partial charge in [0.2, 0.25) is 5.91 Å². The Morgan fingerprint density at radius 3 is 2.95 bits per heavy atom. The number of β-amino-alcohol motifs (C(OH)–C–C–N with tert-alkyl or cyclic N) is 1. The SMILES string of the molecule is CN1CC(O)CC1CNC(=O)CC(O)c1cccc(F)c1. The Labute approximate surface area is 123 Å². The number of aliphatic hydroxyl groups excluding tert-OH is 2. The number of halogens is 1. The van der Waals surface area contributed by atoms with Crippen molar-refractivity contribution in [3.63, 3.8) is 0 Å². The number of benzene rings is 1. The van der Waals surface area contributed by atoms with Gasteiger partial charge in [-0.15, -0.1) is 0 Å². The molecule has 1 fully saturated rings. The van der Waals surface area contributed by atoms with E-state index in [0.29, 0.717) is 25.1 Å². The average molecular weight is 296 g/mol. The first kappa shape index (κ1) is 15.9. The smallest absolute Gasteiger partial charge is 0.223 e. The Morgan fingerprint density at radius 1 is 1.57 bits per heavy atom. The molecule has 0 aromatic heterocycles. The van der Waals surface area contributed by atoms with E-state index in [0.717, 1.165) is 0 Å². The van der Waals surface area contributed by atoms with Gasteiger partial charge in [-0.25, -0.2) is 4.39 Å². The number of likely N-dealkylation sites (N-methyl/N-ethyl adjacent to an activating group) is 1. The molecule has 0 aliphatic carbocycles. The highest BCUT2D eigenvalue weighted by Crippen LogP contribution is 2.18. The van der Waals surface area contributed by atoms with Gasteiger partial charge in [0.1, 0.15) is 5.82 Å². The van der Waals surface area contributed by atoms with Gasteiger partial charge in [0.05, 0.1) is 18.6 Å². The third kappa shape index (κ3) is 4.49. The van der Waals surface area contributed by atoms with Crippen LogP contribution in [0.5, 0.6) is 0 Å². The molecule has 116 valence electrons. The minimum absolute atomic E-state index is 0.107. The third-order valence-corrected chi connectivity index (χ3v) is 3.81. The van der Waals surface area contributed by atoms with Gasteiger partial charge < -0.3 is 15.5 Å². The van der Waals surface area contributed by atoms with Crippen LogP contribution < -0.4 is 5.32 Å². The molecule has 3 N–H and O–H groups in total. The van der Waals surface area contributed by atoms with E-state index in [1.807, 2.05) is 11.9 Å². The van der Waals surface area contributed by atoms with Crippen molar-refractivity contribution in [1.29, 1.82) is 0 Å². The van der Waals surface area contributed by atoms with Crippen LogP contribution in [0.25, 0.3) is 0 Å². The molecule has 1 aromatic rings. The van der Waals surface area contributed by atoms with E-state index in [9.17, 15) is 19.4 Å². The van der Waals surface area contributed by atoms with Crippen LogP contribution in [0, 0.1) is 5.82 Å². The Morgan fingerprint density at radius 2 is 2.33 bits per heavy atom. The molecule has 1 heterocycles. The van der Waals surface area contributed by atoms with Crippen LogP contribution in [0.2, 0.25) is 0 Å². The second kappa shape index (κ2) is 6.98. The highest BCUT2D eigenvalue weighted by molar-refractivity contribution is 5.76. The van der Waals surface area contributed by atoms with E-state index in [-0.39, 0.29) is 24.5 Å². The van der Waals surface area contributed by atoms with E-state index in [4.69, 9.17) is 0 Å². The second-order valence-corrected chi connectivity index (χ2v) is 5.56. The van der Waals surface area contributed by atoms with Crippen LogP contribution in [-0.2, 0) is 4.79 Å². The number of carbonyl (C=O) groups excluding carboxylic acids is 1. The summed E-state index contributed by atoms with van der Waals surface area (Å²) in [6.45, 7) is 1.04. The topological polar surface area (TPSA) is 72.8 Å². The molecule has 0 radical (unpaired) electrons. The average Bonchev–Trinajstić information content (AvgIpc) is 2.74. The fraction of sp³-hybridized carbons (Fsp3) is 0.533. The van der Waals surface area contributed by atoms with Crippen molar-refractivity contribution >= 4 is 5.91 Å². The Hall–Kier alpha value is -1.50. The highest BCUT2D eigenvalue weighted by Gasteiger charge is 2.28. The second-order valence-electron chi connectivity index (χ2n) is 5.56. The first-order valence-corrected chi connectivity index (χ1v) is 7.04. The molecule has 1 amide bonds. The summed E-state index contributed by atoms with van der Waals surface area (Å²) in [4.78, 5) is 13.8. The quantitative estimate of drug-likeness (QED) is 0.737. The van der Waals surface area contributed by atoms with Gasteiger partial charge in [0.15, 0.2) is 0 Å². The standard InChI is InChI=1S/C15H21FN2O3/c1-18-9-13(19)6-12(18)8-17-15(21)7-14(20)10-3-2-4-11(16)5-10/h2-5,12-14,19-20H,6-9H2,1H3,(H,17,21). The minimum Gasteiger partial charge on any atom is -0.392 e. The number of aliphatic hydroxyl groups is 2. The number of nitrogens with zero attached hydrogens (tertiary/aromatic N) is 1. The number of rotatable bonds is 5. The van der Waals surface area contributed by atoms with Crippen molar-refractivity contribution in [2.45, 2.75) is 31.1 Å². The fourth-order valence-electron chi connectivity index (χ4n) is 2.60. The predicted molar refractivity (Wildman–Crippen MR) is 76.0 cm³/mol. The van der Waals surface area contributed by atoms with Crippen molar-refractivity contribution in [1.82, 2.24) is 10.2 Å². The van der Waals surface area contributed by atoms with Gasteiger partial charge in [-0.1, -0.05) is 12.1 Å². The maximum Gasteiger partial charge on any atom is 0.223 e. The third-order valence-electron chi connectivity index (χ3n) is 3.81. The number of likely N-dealkylation sites (tertiary alicyclic amines) is 1. The Kier molecular flexibility index (Phi) is 5.27. The number of nitrogens with one attached hydrogen (secondary N) is 1. The summed E-state index contributed by atoms with van der Waals surface area (Å²) in [5.74, 6) is -0.727. The maximum atomic E-state index is 13.1. The van der Waals surface area contributed by atoms with E-state index < -0.39 is 11.9 Å². The maximum absolute atomic E-state index is 13.1. The van der Waals surface area contributed by atoms with Crippen LogP contribution in [-0.4, -0.2) is 53.3 Å². The van der Waals surface area contributed by atoms with E-state index in [1.165, 1.54) is 18.2 Å². The van der Waals surface area contributed by atoms with E-state index in [2.05, 4.69) is 5.32 Å². The molecule has 1 aliphatic rings. The summed E-state index contributed by atoms with van der Waals surface area (Å²) >= 11 is 0. The summed E-state index contributed by atoms with van der Waals surface area (Å²) < 4.78 is 13.1. The Balaban J connectivity index is 1.79. The predicted octanol–water partition coefficient (Wildman–Crippen LogP) is 0.430. The zero-order chi connectivity index (χ0) is 15.4. The van der Waals surface area contributed by atoms with Crippen LogP contribution in [0.1, 0.15) is 24.5 Å². The lowest BCUT2D eigenvalue weighted by atomic mass is 10.1. The van der Waals surface area contributed by atoms with Gasteiger partial charge in [-0.05, 0) is 31.2 Å². The molecule has 3 atom stereocenters. The van der Waals surface area contributed by atoms with Crippen LogP contribution in [0.3, 0.4) is 0 Å². The summed E-state index contributed by atoms with van der Waals surface area (Å²) in [6, 6.07) is 5.70. The summed E-state index contributed by atoms with van der Waals surface area (Å²) in [5.41, 5.74) is 0.388. The molecule has 0 bridgehead atoms. The largest absolute Gasteiger partial charge is 0.392 e. The van der Waals surface area contributed by atoms with Crippen molar-refractivity contribution in [3.8, 4) is 0 Å². The fourth-order valence-corrected chi connectivity index (χ4v) is 2.60. The van der Waals surface area contributed by atoms with Crippen molar-refractivity contribution in [3.05, 3.63) is 35.6 Å². The van der Waals surface area contributed by atoms with Crippen molar-refractivity contribution < 1.29 is 19.4 Å². The molecule has 6 heteroatoms. The van der Waals surface area contributed by atoms with Crippen molar-refractivity contribution in [2.24, 2.45) is 0 Å². The van der Waals surface area contributed by atoms with Crippen LogP contribution in [0.4, 0.5) is 4.39 Å². The summed E-state index contributed by atoms with van der Waals surface area (Å²) in [5, 5.41) is 22.2. The molecule has 1 saturated heterocycles.